The molecule has 5 rings (SSSR count). The van der Waals surface area contributed by atoms with Gasteiger partial charge in [-0.3, -0.25) is 4.79 Å². The number of allylic oxidation sites excluding steroid dienone is 1. The van der Waals surface area contributed by atoms with Gasteiger partial charge in [-0.15, -0.1) is 11.3 Å². The summed E-state index contributed by atoms with van der Waals surface area (Å²) in [5.41, 5.74) is 2.12. The number of ketones is 1. The Labute approximate surface area is 205 Å². The SMILES string of the molecule is COc1ccc2oc(-c3ccccc3)c(C(=O)Oc3ccc(C(=O)C=Cc4cccs4)cc3)c2c1. The van der Waals surface area contributed by atoms with E-state index in [0.29, 0.717) is 39.4 Å². The van der Waals surface area contributed by atoms with E-state index in [1.165, 1.54) is 6.08 Å². The molecule has 0 atom stereocenters. The molecule has 0 N–H and O–H groups in total. The molecule has 0 saturated carbocycles. The van der Waals surface area contributed by atoms with Crippen LogP contribution in [0, 0.1) is 0 Å². The maximum Gasteiger partial charge on any atom is 0.348 e. The molecule has 6 heteroatoms. The highest BCUT2D eigenvalue weighted by molar-refractivity contribution is 7.10. The number of thiophene rings is 1. The maximum atomic E-state index is 13.3. The Hall–Kier alpha value is -4.42. The lowest BCUT2D eigenvalue weighted by atomic mass is 10.1. The molecule has 0 aliphatic rings. The predicted octanol–water partition coefficient (Wildman–Crippen LogP) is 7.29. The number of hydrogen-bond acceptors (Lipinski definition) is 6. The number of hydrogen-bond donors (Lipinski definition) is 0. The number of carbonyl (C=O) groups excluding carboxylic acids is 2. The average molecular weight is 481 g/mol. The quantitative estimate of drug-likeness (QED) is 0.106. The van der Waals surface area contributed by atoms with Crippen molar-refractivity contribution in [1.82, 2.24) is 0 Å². The molecule has 2 aromatic heterocycles. The van der Waals surface area contributed by atoms with Crippen LogP contribution in [0.3, 0.4) is 0 Å². The molecule has 0 aliphatic carbocycles. The number of ether oxygens (including phenoxy) is 2. The lowest BCUT2D eigenvalue weighted by Crippen LogP contribution is -2.09. The minimum atomic E-state index is -0.562. The summed E-state index contributed by atoms with van der Waals surface area (Å²) in [4.78, 5) is 26.8. The highest BCUT2D eigenvalue weighted by Gasteiger charge is 2.24. The summed E-state index contributed by atoms with van der Waals surface area (Å²) in [6.07, 6.45) is 3.31. The van der Waals surface area contributed by atoms with Gasteiger partial charge in [0.05, 0.1) is 7.11 Å². The van der Waals surface area contributed by atoms with Gasteiger partial charge in [-0.05, 0) is 66.1 Å². The first-order valence-electron chi connectivity index (χ1n) is 10.9. The third kappa shape index (κ3) is 4.78. The number of benzene rings is 3. The van der Waals surface area contributed by atoms with Crippen LogP contribution in [0.15, 0.2) is 101 Å². The van der Waals surface area contributed by atoms with Gasteiger partial charge in [-0.1, -0.05) is 36.4 Å². The summed E-state index contributed by atoms with van der Waals surface area (Å²) >= 11 is 1.56. The normalized spacial score (nSPS) is 11.1. The number of rotatable bonds is 7. The third-order valence-corrected chi connectivity index (χ3v) is 6.26. The van der Waals surface area contributed by atoms with Gasteiger partial charge in [-0.2, -0.15) is 0 Å². The second-order valence-electron chi connectivity index (χ2n) is 7.66. The fraction of sp³-hybridized carbons (Fsp3) is 0.0345. The topological polar surface area (TPSA) is 65.7 Å². The highest BCUT2D eigenvalue weighted by atomic mass is 32.1. The smallest absolute Gasteiger partial charge is 0.348 e. The Morgan fingerprint density at radius 1 is 0.886 bits per heavy atom. The summed E-state index contributed by atoms with van der Waals surface area (Å²) in [5.74, 6) is 0.655. The third-order valence-electron chi connectivity index (χ3n) is 5.43. The molecule has 172 valence electrons. The molecule has 5 aromatic rings. The Morgan fingerprint density at radius 3 is 2.37 bits per heavy atom. The number of fused-ring (bicyclic) bond motifs is 1. The van der Waals surface area contributed by atoms with Gasteiger partial charge < -0.3 is 13.9 Å². The lowest BCUT2D eigenvalue weighted by Gasteiger charge is -2.06. The van der Waals surface area contributed by atoms with Crippen molar-refractivity contribution in [3.05, 3.63) is 112 Å². The van der Waals surface area contributed by atoms with Gasteiger partial charge >= 0.3 is 5.97 Å². The number of furan rings is 1. The summed E-state index contributed by atoms with van der Waals surface area (Å²) in [7, 11) is 1.57. The summed E-state index contributed by atoms with van der Waals surface area (Å²) < 4.78 is 17.1. The zero-order valence-electron chi connectivity index (χ0n) is 18.8. The largest absolute Gasteiger partial charge is 0.497 e. The van der Waals surface area contributed by atoms with Gasteiger partial charge in [0, 0.05) is 21.4 Å². The van der Waals surface area contributed by atoms with E-state index in [-0.39, 0.29) is 5.78 Å². The second kappa shape index (κ2) is 9.83. The second-order valence-corrected chi connectivity index (χ2v) is 8.64. The van der Waals surface area contributed by atoms with Crippen molar-refractivity contribution in [2.24, 2.45) is 0 Å². The van der Waals surface area contributed by atoms with Crippen molar-refractivity contribution in [2.45, 2.75) is 0 Å². The molecular formula is C29H20O5S. The molecule has 0 fully saturated rings. The zero-order chi connectivity index (χ0) is 24.2. The average Bonchev–Trinajstić information content (AvgIpc) is 3.55. The van der Waals surface area contributed by atoms with Crippen molar-refractivity contribution >= 4 is 40.1 Å². The summed E-state index contributed by atoms with van der Waals surface area (Å²) in [6, 6.07) is 25.0. The predicted molar refractivity (Wildman–Crippen MR) is 137 cm³/mol. The van der Waals surface area contributed by atoms with E-state index >= 15 is 0 Å². The molecule has 0 aliphatic heterocycles. The monoisotopic (exact) mass is 480 g/mol. The Morgan fingerprint density at radius 2 is 1.66 bits per heavy atom. The van der Waals surface area contributed by atoms with Gasteiger partial charge in [-0.25, -0.2) is 4.79 Å². The van der Waals surface area contributed by atoms with E-state index < -0.39 is 5.97 Å². The summed E-state index contributed by atoms with van der Waals surface area (Å²) in [6.45, 7) is 0. The van der Waals surface area contributed by atoms with Crippen molar-refractivity contribution in [1.29, 1.82) is 0 Å². The Balaban J connectivity index is 1.43. The van der Waals surface area contributed by atoms with Crippen LogP contribution in [0.4, 0.5) is 0 Å². The molecule has 5 nitrogen and oxygen atoms in total. The fourth-order valence-corrected chi connectivity index (χ4v) is 4.30. The van der Waals surface area contributed by atoms with Crippen molar-refractivity contribution in [2.75, 3.05) is 7.11 Å². The van der Waals surface area contributed by atoms with E-state index in [2.05, 4.69) is 0 Å². The molecule has 0 bridgehead atoms. The van der Waals surface area contributed by atoms with Crippen LogP contribution in [0.1, 0.15) is 25.6 Å². The molecule has 0 radical (unpaired) electrons. The van der Waals surface area contributed by atoms with E-state index in [0.717, 1.165) is 10.4 Å². The van der Waals surface area contributed by atoms with Gasteiger partial charge in [0.1, 0.15) is 28.4 Å². The maximum absolute atomic E-state index is 13.3. The minimum Gasteiger partial charge on any atom is -0.497 e. The standard InChI is InChI=1S/C29H20O5S/c1-32-22-13-16-26-24(18-22)27(28(34-26)20-6-3-2-4-7-20)29(31)33-21-11-9-19(10-12-21)25(30)15-14-23-8-5-17-35-23/h2-18H,1H3. The fourth-order valence-electron chi connectivity index (χ4n) is 3.68. The van der Waals surface area contributed by atoms with Crippen LogP contribution < -0.4 is 9.47 Å². The molecule has 35 heavy (non-hydrogen) atoms. The first kappa shape index (κ1) is 22.4. The van der Waals surface area contributed by atoms with E-state index in [1.807, 2.05) is 47.8 Å². The van der Waals surface area contributed by atoms with Crippen LogP contribution in [0.2, 0.25) is 0 Å². The molecular weight excluding hydrogens is 460 g/mol. The van der Waals surface area contributed by atoms with Crippen LogP contribution in [0.25, 0.3) is 28.4 Å². The Bertz CT molecular complexity index is 1510. The Kier molecular flexibility index (Phi) is 6.28. The zero-order valence-corrected chi connectivity index (χ0v) is 19.6. The lowest BCUT2D eigenvalue weighted by molar-refractivity contribution is 0.0737. The van der Waals surface area contributed by atoms with Crippen LogP contribution in [-0.2, 0) is 0 Å². The van der Waals surface area contributed by atoms with Gasteiger partial charge in [0.2, 0.25) is 0 Å². The van der Waals surface area contributed by atoms with E-state index in [4.69, 9.17) is 13.9 Å². The van der Waals surface area contributed by atoms with Crippen molar-refractivity contribution in [3.8, 4) is 22.8 Å². The highest BCUT2D eigenvalue weighted by Crippen LogP contribution is 2.36. The first-order valence-corrected chi connectivity index (χ1v) is 11.7. The molecule has 3 aromatic carbocycles. The molecule has 0 saturated heterocycles. The molecule has 0 unspecified atom stereocenters. The number of esters is 1. The first-order chi connectivity index (χ1) is 17.1. The number of carbonyl (C=O) groups is 2. The van der Waals surface area contributed by atoms with Gasteiger partial charge in [0.15, 0.2) is 5.78 Å². The van der Waals surface area contributed by atoms with Gasteiger partial charge in [0.25, 0.3) is 0 Å². The van der Waals surface area contributed by atoms with Crippen LogP contribution >= 0.6 is 11.3 Å². The van der Waals surface area contributed by atoms with Crippen molar-refractivity contribution in [3.63, 3.8) is 0 Å². The number of methoxy groups -OCH3 is 1. The van der Waals surface area contributed by atoms with E-state index in [9.17, 15) is 9.59 Å². The van der Waals surface area contributed by atoms with Crippen LogP contribution in [0.5, 0.6) is 11.5 Å². The molecule has 2 heterocycles. The molecule has 0 spiro atoms. The minimum absolute atomic E-state index is 0.129. The molecule has 0 amide bonds. The van der Waals surface area contributed by atoms with Crippen molar-refractivity contribution < 1.29 is 23.5 Å². The van der Waals surface area contributed by atoms with E-state index in [1.54, 1.807) is 67.0 Å². The summed E-state index contributed by atoms with van der Waals surface area (Å²) in [5, 5.41) is 2.55. The van der Waals surface area contributed by atoms with Crippen LogP contribution in [-0.4, -0.2) is 18.9 Å².